The highest BCUT2D eigenvalue weighted by molar-refractivity contribution is 5.71. The monoisotopic (exact) mass is 1100 g/mol. The summed E-state index contributed by atoms with van der Waals surface area (Å²) in [5, 5.41) is 0. The van der Waals surface area contributed by atoms with Crippen LogP contribution in [0.4, 0.5) is 0 Å². The lowest BCUT2D eigenvalue weighted by Crippen LogP contribution is -2.30. The molecule has 0 saturated heterocycles. The van der Waals surface area contributed by atoms with Crippen molar-refractivity contribution in [3.8, 4) is 0 Å². The summed E-state index contributed by atoms with van der Waals surface area (Å²) in [6, 6.07) is 0. The highest BCUT2D eigenvalue weighted by Crippen LogP contribution is 2.18. The van der Waals surface area contributed by atoms with Gasteiger partial charge in [0.05, 0.1) is 0 Å². The van der Waals surface area contributed by atoms with Gasteiger partial charge in [0.25, 0.3) is 0 Å². The molecule has 0 bridgehead atoms. The second-order valence-electron chi connectivity index (χ2n) is 22.3. The Balaban J connectivity index is 4.21. The Kier molecular flexibility index (Phi) is 63.7. The fourth-order valence-corrected chi connectivity index (χ4v) is 9.63. The SMILES string of the molecule is CC/C=C\C/C=C\C/C=C\C/C=C\CCCCCCCCCCCCCCCCCCCCC(=O)OCC(COC(=O)CC/C=C\C/C=C\C/C=C\C/C=C\CC)OC(=O)CCCCCCCCCCCCCCCCCCC. The summed E-state index contributed by atoms with van der Waals surface area (Å²) in [7, 11) is 0. The van der Waals surface area contributed by atoms with Gasteiger partial charge in [-0.25, -0.2) is 0 Å². The largest absolute Gasteiger partial charge is 0.462 e. The lowest BCUT2D eigenvalue weighted by atomic mass is 10.0. The molecule has 6 heteroatoms. The highest BCUT2D eigenvalue weighted by Gasteiger charge is 2.19. The summed E-state index contributed by atoms with van der Waals surface area (Å²) >= 11 is 0. The van der Waals surface area contributed by atoms with Gasteiger partial charge in [-0.2, -0.15) is 0 Å². The zero-order valence-corrected chi connectivity index (χ0v) is 52.1. The van der Waals surface area contributed by atoms with Crippen LogP contribution in [0.2, 0.25) is 0 Å². The molecule has 0 amide bonds. The molecule has 1 unspecified atom stereocenters. The van der Waals surface area contributed by atoms with E-state index in [2.05, 4.69) is 112 Å². The fraction of sp³-hybridized carbons (Fsp3) is 0.740. The van der Waals surface area contributed by atoms with Crippen LogP contribution in [0.1, 0.15) is 329 Å². The highest BCUT2D eigenvalue weighted by atomic mass is 16.6. The maximum absolute atomic E-state index is 12.9. The summed E-state index contributed by atoms with van der Waals surface area (Å²) in [5.41, 5.74) is 0. The Morgan fingerprint density at radius 2 is 0.519 bits per heavy atom. The number of carbonyl (C=O) groups excluding carboxylic acids is 3. The maximum Gasteiger partial charge on any atom is 0.306 e. The molecule has 0 aliphatic heterocycles. The van der Waals surface area contributed by atoms with Crippen molar-refractivity contribution in [3.63, 3.8) is 0 Å². The van der Waals surface area contributed by atoms with Crippen LogP contribution in [0.3, 0.4) is 0 Å². The standard InChI is InChI=1S/C73H126O6/c1-4-7-10-13-16-19-22-25-27-29-30-31-32-33-34-35-36-37-38-39-40-41-42-44-45-48-51-54-57-60-63-66-72(75)78-69-70(68-77-71(74)65-62-59-56-53-50-47-24-21-18-15-12-9-6-3)79-73(76)67-64-61-58-55-52-49-46-43-28-26-23-20-17-14-11-8-5-2/h7,9-10,12,16,18-19,21,25,27,30-31,47,50,56,59,70H,4-6,8,11,13-15,17,20,22-24,26,28-29,32-46,48-49,51-55,57-58,60-69H2,1-3H3/b10-7-,12-9-,19-16-,21-18-,27-25-,31-30-,50-47-,59-56-. The molecule has 0 radical (unpaired) electrons. The number of rotatable bonds is 61. The Morgan fingerprint density at radius 3 is 0.848 bits per heavy atom. The van der Waals surface area contributed by atoms with Gasteiger partial charge in [0.15, 0.2) is 6.10 Å². The summed E-state index contributed by atoms with van der Waals surface area (Å²) in [6.07, 6.45) is 90.3. The van der Waals surface area contributed by atoms with Gasteiger partial charge < -0.3 is 14.2 Å². The van der Waals surface area contributed by atoms with Gasteiger partial charge in [0.2, 0.25) is 0 Å². The van der Waals surface area contributed by atoms with Crippen LogP contribution in [0.5, 0.6) is 0 Å². The van der Waals surface area contributed by atoms with E-state index < -0.39 is 6.10 Å². The number of hydrogen-bond donors (Lipinski definition) is 0. The van der Waals surface area contributed by atoms with Crippen LogP contribution >= 0.6 is 0 Å². The topological polar surface area (TPSA) is 78.9 Å². The van der Waals surface area contributed by atoms with Crippen molar-refractivity contribution in [1.29, 1.82) is 0 Å². The Bertz CT molecular complexity index is 1540. The van der Waals surface area contributed by atoms with E-state index in [1.54, 1.807) is 0 Å². The summed E-state index contributed by atoms with van der Waals surface area (Å²) in [4.78, 5) is 38.3. The lowest BCUT2D eigenvalue weighted by Gasteiger charge is -2.18. The van der Waals surface area contributed by atoms with E-state index in [4.69, 9.17) is 14.2 Å². The van der Waals surface area contributed by atoms with Crippen molar-refractivity contribution < 1.29 is 28.6 Å². The van der Waals surface area contributed by atoms with E-state index in [0.717, 1.165) is 89.9 Å². The second kappa shape index (κ2) is 66.8. The normalized spacial score (nSPS) is 12.7. The van der Waals surface area contributed by atoms with Gasteiger partial charge in [0, 0.05) is 19.3 Å². The predicted molar refractivity (Wildman–Crippen MR) is 344 cm³/mol. The molecule has 0 heterocycles. The van der Waals surface area contributed by atoms with Crippen molar-refractivity contribution in [1.82, 2.24) is 0 Å². The first kappa shape index (κ1) is 75.3. The number of carbonyl (C=O) groups is 3. The molecule has 0 aromatic carbocycles. The average molecular weight is 1100 g/mol. The molecule has 0 rings (SSSR count). The van der Waals surface area contributed by atoms with Crippen LogP contribution in [0.25, 0.3) is 0 Å². The maximum atomic E-state index is 12.9. The molecule has 0 aromatic heterocycles. The third-order valence-corrected chi connectivity index (χ3v) is 14.6. The zero-order chi connectivity index (χ0) is 57.1. The number of esters is 3. The minimum Gasteiger partial charge on any atom is -0.462 e. The molecule has 0 aliphatic carbocycles. The fourth-order valence-electron chi connectivity index (χ4n) is 9.63. The summed E-state index contributed by atoms with van der Waals surface area (Å²) < 4.78 is 16.9. The van der Waals surface area contributed by atoms with E-state index in [9.17, 15) is 14.4 Å². The third-order valence-electron chi connectivity index (χ3n) is 14.6. The average Bonchev–Trinajstić information content (AvgIpc) is 3.45. The van der Waals surface area contributed by atoms with Crippen LogP contribution in [-0.2, 0) is 28.6 Å². The number of unbranched alkanes of at least 4 members (excludes halogenated alkanes) is 34. The van der Waals surface area contributed by atoms with Crippen LogP contribution < -0.4 is 0 Å². The van der Waals surface area contributed by atoms with E-state index in [0.29, 0.717) is 19.3 Å². The first-order chi connectivity index (χ1) is 39.0. The minimum atomic E-state index is -0.804. The minimum absolute atomic E-state index is 0.0949. The zero-order valence-electron chi connectivity index (χ0n) is 52.1. The molecule has 0 fully saturated rings. The van der Waals surface area contributed by atoms with Gasteiger partial charge in [-0.05, 0) is 83.5 Å². The van der Waals surface area contributed by atoms with Crippen LogP contribution in [-0.4, -0.2) is 37.2 Å². The molecule has 0 spiro atoms. The van der Waals surface area contributed by atoms with Crippen molar-refractivity contribution in [2.24, 2.45) is 0 Å². The Hall–Kier alpha value is -3.67. The Morgan fingerprint density at radius 1 is 0.266 bits per heavy atom. The van der Waals surface area contributed by atoms with Crippen LogP contribution in [0.15, 0.2) is 97.2 Å². The number of hydrogen-bond acceptors (Lipinski definition) is 6. The molecular weight excluding hydrogens is 973 g/mol. The smallest absolute Gasteiger partial charge is 0.306 e. The number of ether oxygens (including phenoxy) is 3. The molecule has 1 atom stereocenters. The third kappa shape index (κ3) is 65.0. The van der Waals surface area contributed by atoms with Crippen LogP contribution in [0, 0.1) is 0 Å². The van der Waals surface area contributed by atoms with Crippen molar-refractivity contribution in [2.75, 3.05) is 13.2 Å². The van der Waals surface area contributed by atoms with E-state index in [-0.39, 0.29) is 37.5 Å². The van der Waals surface area contributed by atoms with E-state index in [1.165, 1.54) is 193 Å². The quantitative estimate of drug-likeness (QED) is 0.0261. The molecule has 0 aromatic rings. The second-order valence-corrected chi connectivity index (χ2v) is 22.3. The predicted octanol–water partition coefficient (Wildman–Crippen LogP) is 23.2. The molecule has 79 heavy (non-hydrogen) atoms. The molecule has 454 valence electrons. The van der Waals surface area contributed by atoms with Crippen molar-refractivity contribution in [3.05, 3.63) is 97.2 Å². The lowest BCUT2D eigenvalue weighted by molar-refractivity contribution is -0.166. The molecule has 0 aliphatic rings. The molecular formula is C73H126O6. The molecule has 0 saturated carbocycles. The first-order valence-corrected chi connectivity index (χ1v) is 33.7. The summed E-state index contributed by atoms with van der Waals surface area (Å²) in [6.45, 7) is 6.39. The summed E-state index contributed by atoms with van der Waals surface area (Å²) in [5.74, 6) is -0.964. The van der Waals surface area contributed by atoms with Gasteiger partial charge >= 0.3 is 17.9 Å². The van der Waals surface area contributed by atoms with Gasteiger partial charge in [0.1, 0.15) is 13.2 Å². The first-order valence-electron chi connectivity index (χ1n) is 33.7. The van der Waals surface area contributed by atoms with E-state index in [1.807, 2.05) is 6.08 Å². The van der Waals surface area contributed by atoms with Gasteiger partial charge in [-0.15, -0.1) is 0 Å². The number of allylic oxidation sites excluding steroid dienone is 16. The van der Waals surface area contributed by atoms with Gasteiger partial charge in [-0.3, -0.25) is 14.4 Å². The Labute approximate surface area is 489 Å². The van der Waals surface area contributed by atoms with Gasteiger partial charge in [-0.1, -0.05) is 323 Å². The molecule has 6 nitrogen and oxygen atoms in total. The van der Waals surface area contributed by atoms with Crippen molar-refractivity contribution in [2.45, 2.75) is 335 Å². The van der Waals surface area contributed by atoms with E-state index >= 15 is 0 Å². The van der Waals surface area contributed by atoms with Crippen molar-refractivity contribution >= 4 is 17.9 Å². The molecule has 0 N–H and O–H groups in total.